The summed E-state index contributed by atoms with van der Waals surface area (Å²) >= 11 is 3.38. The summed E-state index contributed by atoms with van der Waals surface area (Å²) in [5, 5.41) is 19.3. The third kappa shape index (κ3) is 3.62. The minimum atomic E-state index is -1.23. The highest BCUT2D eigenvalue weighted by Crippen LogP contribution is 2.34. The highest BCUT2D eigenvalue weighted by atomic mass is 79.9. The number of rotatable bonds is 4. The van der Waals surface area contributed by atoms with Gasteiger partial charge >= 0.3 is 5.97 Å². The Morgan fingerprint density at radius 3 is 2.67 bits per heavy atom. The summed E-state index contributed by atoms with van der Waals surface area (Å²) in [4.78, 5) is 30.6. The van der Waals surface area contributed by atoms with Gasteiger partial charge < -0.3 is 5.11 Å². The van der Waals surface area contributed by atoms with Crippen molar-refractivity contribution < 1.29 is 9.90 Å². The summed E-state index contributed by atoms with van der Waals surface area (Å²) in [6, 6.07) is 13.1. The van der Waals surface area contributed by atoms with E-state index in [1.807, 2.05) is 24.3 Å². The van der Waals surface area contributed by atoms with E-state index in [1.165, 1.54) is 10.5 Å². The predicted molar refractivity (Wildman–Crippen MR) is 114 cm³/mol. The lowest BCUT2D eigenvalue weighted by Gasteiger charge is -2.37. The molecule has 3 aromatic rings. The molecule has 3 aromatic heterocycles. The quantitative estimate of drug-likeness (QED) is 0.633. The minimum Gasteiger partial charge on any atom is -0.477 e. The molecule has 1 N–H and O–H groups in total. The van der Waals surface area contributed by atoms with Crippen molar-refractivity contribution in [3.8, 4) is 6.07 Å². The first-order valence-corrected chi connectivity index (χ1v) is 10.3. The van der Waals surface area contributed by atoms with Crippen LogP contribution in [0, 0.1) is 11.3 Å². The topological polar surface area (TPSA) is 98.7 Å². The van der Waals surface area contributed by atoms with Gasteiger partial charge in [-0.2, -0.15) is 5.26 Å². The van der Waals surface area contributed by atoms with Crippen LogP contribution in [0.15, 0.2) is 58.1 Å². The second-order valence-corrected chi connectivity index (χ2v) is 8.40. The maximum atomic E-state index is 12.4. The Kier molecular flexibility index (Phi) is 5.41. The first-order chi connectivity index (χ1) is 14.4. The Labute approximate surface area is 181 Å². The van der Waals surface area contributed by atoms with E-state index in [-0.39, 0.29) is 5.56 Å². The maximum Gasteiger partial charge on any atom is 0.341 e. The molecule has 0 unspecified atom stereocenters. The lowest BCUT2D eigenvalue weighted by molar-refractivity contribution is 0.0694. The van der Waals surface area contributed by atoms with E-state index < -0.39 is 16.9 Å². The van der Waals surface area contributed by atoms with Gasteiger partial charge in [0.1, 0.15) is 11.0 Å². The second kappa shape index (κ2) is 8.01. The van der Waals surface area contributed by atoms with Crippen molar-refractivity contribution in [2.45, 2.75) is 24.8 Å². The smallest absolute Gasteiger partial charge is 0.341 e. The van der Waals surface area contributed by atoms with E-state index in [0.717, 1.165) is 15.7 Å². The van der Waals surface area contributed by atoms with Gasteiger partial charge in [0.15, 0.2) is 0 Å². The number of nitriles is 1. The zero-order valence-electron chi connectivity index (χ0n) is 16.1. The first kappa shape index (κ1) is 20.3. The normalized spacial score (nSPS) is 16.3. The second-order valence-electron chi connectivity index (χ2n) is 7.48. The van der Waals surface area contributed by atoms with Crippen LogP contribution in [0.25, 0.3) is 5.52 Å². The van der Waals surface area contributed by atoms with E-state index in [9.17, 15) is 20.0 Å². The van der Waals surface area contributed by atoms with Gasteiger partial charge in [-0.1, -0.05) is 6.07 Å². The number of halogens is 1. The number of pyridine rings is 3. The highest BCUT2D eigenvalue weighted by Gasteiger charge is 2.37. The van der Waals surface area contributed by atoms with Crippen molar-refractivity contribution >= 4 is 27.4 Å². The van der Waals surface area contributed by atoms with Crippen molar-refractivity contribution in [1.82, 2.24) is 14.3 Å². The molecule has 1 aliphatic heterocycles. The largest absolute Gasteiger partial charge is 0.477 e. The van der Waals surface area contributed by atoms with Gasteiger partial charge in [-0.3, -0.25) is 19.1 Å². The van der Waals surface area contributed by atoms with Gasteiger partial charge in [0.25, 0.3) is 5.56 Å². The van der Waals surface area contributed by atoms with Crippen LogP contribution in [0.5, 0.6) is 0 Å². The average Bonchev–Trinajstić information content (AvgIpc) is 2.77. The molecule has 30 heavy (non-hydrogen) atoms. The van der Waals surface area contributed by atoms with E-state index in [4.69, 9.17) is 0 Å². The average molecular weight is 467 g/mol. The van der Waals surface area contributed by atoms with E-state index in [0.29, 0.717) is 38.0 Å². The summed E-state index contributed by atoms with van der Waals surface area (Å²) in [5.41, 5.74) is 0.844. The molecular formula is C22H19BrN4O3. The molecule has 0 radical (unpaired) electrons. The molecular weight excluding hydrogens is 448 g/mol. The van der Waals surface area contributed by atoms with Crippen LogP contribution < -0.4 is 5.56 Å². The van der Waals surface area contributed by atoms with Crippen molar-refractivity contribution in [2.75, 3.05) is 13.1 Å². The van der Waals surface area contributed by atoms with Crippen molar-refractivity contribution in [3.63, 3.8) is 0 Å². The van der Waals surface area contributed by atoms with Crippen LogP contribution >= 0.6 is 15.9 Å². The lowest BCUT2D eigenvalue weighted by Crippen LogP contribution is -2.42. The third-order valence-electron chi connectivity index (χ3n) is 5.72. The maximum absolute atomic E-state index is 12.4. The number of carboxylic acids is 1. The van der Waals surface area contributed by atoms with Crippen LogP contribution in [0.1, 0.15) is 34.5 Å². The summed E-state index contributed by atoms with van der Waals surface area (Å²) in [6.45, 7) is 1.85. The Morgan fingerprint density at radius 1 is 1.27 bits per heavy atom. The molecule has 4 heterocycles. The Bertz CT molecular complexity index is 1210. The van der Waals surface area contributed by atoms with E-state index in [2.05, 4.69) is 31.9 Å². The van der Waals surface area contributed by atoms with Crippen LogP contribution in [0.2, 0.25) is 0 Å². The van der Waals surface area contributed by atoms with Gasteiger partial charge in [0.2, 0.25) is 0 Å². The fourth-order valence-electron chi connectivity index (χ4n) is 4.02. The van der Waals surface area contributed by atoms with Gasteiger partial charge in [-0.15, -0.1) is 0 Å². The number of likely N-dealkylation sites (tertiary alicyclic amines) is 1. The Hall–Kier alpha value is -3.02. The number of hydrogen-bond donors (Lipinski definition) is 1. The Morgan fingerprint density at radius 2 is 2.03 bits per heavy atom. The number of carboxylic acid groups (broad SMARTS) is 1. The molecule has 1 fully saturated rings. The number of piperidine rings is 1. The van der Waals surface area contributed by atoms with Crippen LogP contribution in [-0.2, 0) is 12.0 Å². The van der Waals surface area contributed by atoms with Crippen molar-refractivity contribution in [1.29, 1.82) is 5.26 Å². The molecule has 4 rings (SSSR count). The number of nitrogens with zero attached hydrogens (tertiary/aromatic N) is 4. The number of hydrogen-bond acceptors (Lipinski definition) is 5. The molecule has 152 valence electrons. The Balaban J connectivity index is 1.60. The predicted octanol–water partition coefficient (Wildman–Crippen LogP) is 3.21. The first-order valence-electron chi connectivity index (χ1n) is 9.56. The number of fused-ring (bicyclic) bond motifs is 1. The molecule has 7 nitrogen and oxygen atoms in total. The van der Waals surface area contributed by atoms with Crippen LogP contribution in [0.4, 0.5) is 0 Å². The molecule has 0 saturated carbocycles. The SMILES string of the molecule is N#CC1(c2ccc(Br)cn2)CCN(Cc2cc(C(=O)O)c(=O)n3ccccc23)CC1. The molecule has 0 aliphatic carbocycles. The van der Waals surface area contributed by atoms with Crippen molar-refractivity contribution in [3.05, 3.63) is 80.4 Å². The highest BCUT2D eigenvalue weighted by molar-refractivity contribution is 9.10. The molecule has 8 heteroatoms. The van der Waals surface area contributed by atoms with Crippen molar-refractivity contribution in [2.24, 2.45) is 0 Å². The van der Waals surface area contributed by atoms with Gasteiger partial charge in [0, 0.05) is 36.5 Å². The van der Waals surface area contributed by atoms with E-state index in [1.54, 1.807) is 18.5 Å². The zero-order chi connectivity index (χ0) is 21.3. The standard InChI is InChI=1S/C22H19BrN4O3/c23-16-4-5-19(25-12-16)22(14-24)6-9-26(10-7-22)13-15-11-17(21(29)30)20(28)27-8-2-1-3-18(15)27/h1-5,8,11-12H,6-7,9-10,13H2,(H,29,30). The summed E-state index contributed by atoms with van der Waals surface area (Å²) in [7, 11) is 0. The summed E-state index contributed by atoms with van der Waals surface area (Å²) < 4.78 is 2.26. The lowest BCUT2D eigenvalue weighted by atomic mass is 9.76. The molecule has 1 saturated heterocycles. The molecule has 0 bridgehead atoms. The number of carbonyl (C=O) groups is 1. The van der Waals surface area contributed by atoms with E-state index >= 15 is 0 Å². The fourth-order valence-corrected chi connectivity index (χ4v) is 4.25. The van der Waals surface area contributed by atoms with Gasteiger partial charge in [0.05, 0.1) is 17.3 Å². The summed E-state index contributed by atoms with van der Waals surface area (Å²) in [6.07, 6.45) is 4.56. The zero-order valence-corrected chi connectivity index (χ0v) is 17.7. The molecule has 0 aromatic carbocycles. The van der Waals surface area contributed by atoms with Crippen LogP contribution in [-0.4, -0.2) is 38.4 Å². The molecule has 0 spiro atoms. The van der Waals surface area contributed by atoms with Crippen LogP contribution in [0.3, 0.4) is 0 Å². The monoisotopic (exact) mass is 466 g/mol. The van der Waals surface area contributed by atoms with Gasteiger partial charge in [-0.05, 0) is 64.7 Å². The number of aromatic carboxylic acids is 1. The fraction of sp³-hybridized carbons (Fsp3) is 0.273. The summed E-state index contributed by atoms with van der Waals surface area (Å²) in [5.74, 6) is -1.23. The number of aromatic nitrogens is 2. The molecule has 0 atom stereocenters. The minimum absolute atomic E-state index is 0.240. The molecule has 0 amide bonds. The molecule has 1 aliphatic rings. The van der Waals surface area contributed by atoms with Gasteiger partial charge in [-0.25, -0.2) is 4.79 Å². The third-order valence-corrected chi connectivity index (χ3v) is 6.19.